The number of nitro groups is 1. The number of hydrogen-bond donors (Lipinski definition) is 1. The van der Waals surface area contributed by atoms with Crippen LogP contribution in [0.2, 0.25) is 0 Å². The number of hydrogen-bond acceptors (Lipinski definition) is 3. The Morgan fingerprint density at radius 2 is 2.00 bits per heavy atom. The highest BCUT2D eigenvalue weighted by Crippen LogP contribution is 2.15. The third kappa shape index (κ3) is 4.11. The minimum atomic E-state index is -0.353. The van der Waals surface area contributed by atoms with Crippen LogP contribution >= 0.6 is 0 Å². The normalized spacial score (nSPS) is 12.7. The highest BCUT2D eigenvalue weighted by atomic mass is 16.6. The second kappa shape index (κ2) is 7.11. The molecule has 0 aliphatic rings. The van der Waals surface area contributed by atoms with Crippen LogP contribution in [0.25, 0.3) is 0 Å². The second-order valence-electron chi connectivity index (χ2n) is 4.67. The fourth-order valence-electron chi connectivity index (χ4n) is 2.22. The molecule has 4 nitrogen and oxygen atoms in total. The average molecular weight is 250 g/mol. The van der Waals surface area contributed by atoms with Gasteiger partial charge in [-0.15, -0.1) is 0 Å². The van der Waals surface area contributed by atoms with Gasteiger partial charge in [-0.05, 0) is 18.4 Å². The van der Waals surface area contributed by atoms with Gasteiger partial charge in [0.25, 0.3) is 5.69 Å². The van der Waals surface area contributed by atoms with Gasteiger partial charge in [-0.2, -0.15) is 0 Å². The molecule has 1 atom stereocenters. The van der Waals surface area contributed by atoms with Crippen LogP contribution in [0.4, 0.5) is 5.69 Å². The Bertz CT molecular complexity index is 389. The lowest BCUT2D eigenvalue weighted by Crippen LogP contribution is -2.32. The van der Waals surface area contributed by atoms with Crippen molar-refractivity contribution in [2.24, 2.45) is 5.92 Å². The molecule has 100 valence electrons. The van der Waals surface area contributed by atoms with Crippen molar-refractivity contribution in [1.82, 2.24) is 5.32 Å². The first kappa shape index (κ1) is 14.6. The summed E-state index contributed by atoms with van der Waals surface area (Å²) in [7, 11) is 0. The minimum Gasteiger partial charge on any atom is -0.310 e. The summed E-state index contributed by atoms with van der Waals surface area (Å²) in [6, 6.07) is 7.23. The summed E-state index contributed by atoms with van der Waals surface area (Å²) in [5.41, 5.74) is 1.12. The zero-order valence-electron chi connectivity index (χ0n) is 11.3. The Morgan fingerprint density at radius 1 is 1.33 bits per heavy atom. The van der Waals surface area contributed by atoms with Crippen molar-refractivity contribution < 1.29 is 4.92 Å². The summed E-state index contributed by atoms with van der Waals surface area (Å²) in [4.78, 5) is 10.3. The summed E-state index contributed by atoms with van der Waals surface area (Å²) < 4.78 is 0. The van der Waals surface area contributed by atoms with Gasteiger partial charge in [0.1, 0.15) is 0 Å². The van der Waals surface area contributed by atoms with E-state index in [-0.39, 0.29) is 10.6 Å². The molecule has 1 N–H and O–H groups in total. The topological polar surface area (TPSA) is 55.2 Å². The van der Waals surface area contributed by atoms with Crippen LogP contribution < -0.4 is 5.32 Å². The van der Waals surface area contributed by atoms with Crippen molar-refractivity contribution in [2.45, 2.75) is 46.2 Å². The Hall–Kier alpha value is -1.42. The first-order valence-corrected chi connectivity index (χ1v) is 6.55. The molecular formula is C14H22N2O2. The van der Waals surface area contributed by atoms with E-state index in [4.69, 9.17) is 0 Å². The number of benzene rings is 1. The van der Waals surface area contributed by atoms with Crippen molar-refractivity contribution in [3.05, 3.63) is 39.9 Å². The highest BCUT2D eigenvalue weighted by molar-refractivity contribution is 5.34. The molecule has 4 heteroatoms. The molecule has 1 aromatic rings. The summed E-state index contributed by atoms with van der Waals surface area (Å²) in [6.45, 7) is 7.24. The predicted molar refractivity (Wildman–Crippen MR) is 73.5 cm³/mol. The summed E-state index contributed by atoms with van der Waals surface area (Å²) in [5, 5.41) is 14.1. The molecule has 0 aliphatic heterocycles. The fraction of sp³-hybridized carbons (Fsp3) is 0.571. The zero-order chi connectivity index (χ0) is 13.5. The van der Waals surface area contributed by atoms with Crippen LogP contribution in [0.5, 0.6) is 0 Å². The summed E-state index contributed by atoms with van der Waals surface area (Å²) in [6.07, 6.45) is 2.30. The van der Waals surface area contributed by atoms with Crippen LogP contribution in [-0.2, 0) is 6.54 Å². The number of nitrogens with one attached hydrogen (secondary N) is 1. The SMILES string of the molecule is CCC(CC)C(C)NCc1cccc([N+](=O)[O-])c1. The van der Waals surface area contributed by atoms with E-state index in [1.807, 2.05) is 6.07 Å². The molecule has 0 aromatic heterocycles. The largest absolute Gasteiger partial charge is 0.310 e. The van der Waals surface area contributed by atoms with Crippen molar-refractivity contribution >= 4 is 5.69 Å². The van der Waals surface area contributed by atoms with Crippen molar-refractivity contribution in [3.63, 3.8) is 0 Å². The van der Waals surface area contributed by atoms with E-state index in [1.54, 1.807) is 12.1 Å². The Labute approximate surface area is 109 Å². The average Bonchev–Trinajstić information content (AvgIpc) is 2.38. The molecular weight excluding hydrogens is 228 g/mol. The molecule has 0 saturated heterocycles. The van der Waals surface area contributed by atoms with E-state index in [9.17, 15) is 10.1 Å². The maximum Gasteiger partial charge on any atom is 0.269 e. The lowest BCUT2D eigenvalue weighted by atomic mass is 9.95. The van der Waals surface area contributed by atoms with E-state index in [0.717, 1.165) is 18.4 Å². The Balaban J connectivity index is 2.58. The highest BCUT2D eigenvalue weighted by Gasteiger charge is 2.13. The number of non-ortho nitro benzene ring substituents is 1. The lowest BCUT2D eigenvalue weighted by molar-refractivity contribution is -0.384. The van der Waals surface area contributed by atoms with Crippen LogP contribution in [0.1, 0.15) is 39.2 Å². The summed E-state index contributed by atoms with van der Waals surface area (Å²) >= 11 is 0. The van der Waals surface area contributed by atoms with Crippen molar-refractivity contribution in [1.29, 1.82) is 0 Å². The van der Waals surface area contributed by atoms with E-state index < -0.39 is 0 Å². The van der Waals surface area contributed by atoms with Crippen LogP contribution in [0.3, 0.4) is 0 Å². The van der Waals surface area contributed by atoms with E-state index in [1.165, 1.54) is 6.07 Å². The monoisotopic (exact) mass is 250 g/mol. The molecule has 0 saturated carbocycles. The van der Waals surface area contributed by atoms with E-state index in [0.29, 0.717) is 18.5 Å². The Kier molecular flexibility index (Phi) is 5.78. The van der Waals surface area contributed by atoms with Crippen molar-refractivity contribution in [2.75, 3.05) is 0 Å². The van der Waals surface area contributed by atoms with E-state index in [2.05, 4.69) is 26.1 Å². The van der Waals surface area contributed by atoms with Gasteiger partial charge in [-0.3, -0.25) is 10.1 Å². The number of rotatable bonds is 7. The van der Waals surface area contributed by atoms with Gasteiger partial charge in [-0.25, -0.2) is 0 Å². The second-order valence-corrected chi connectivity index (χ2v) is 4.67. The standard InChI is InChI=1S/C14H22N2O2/c1-4-13(5-2)11(3)15-10-12-7-6-8-14(9-12)16(17)18/h6-9,11,13,15H,4-5,10H2,1-3H3. The molecule has 1 aromatic carbocycles. The smallest absolute Gasteiger partial charge is 0.269 e. The van der Waals surface area contributed by atoms with Gasteiger partial charge >= 0.3 is 0 Å². The molecule has 0 bridgehead atoms. The first-order chi connectivity index (χ1) is 8.58. The quantitative estimate of drug-likeness (QED) is 0.595. The van der Waals surface area contributed by atoms with Crippen LogP contribution in [0.15, 0.2) is 24.3 Å². The third-order valence-corrected chi connectivity index (χ3v) is 3.51. The maximum atomic E-state index is 10.7. The number of nitrogens with zero attached hydrogens (tertiary/aromatic N) is 1. The van der Waals surface area contributed by atoms with Gasteiger partial charge < -0.3 is 5.32 Å². The molecule has 0 aliphatic carbocycles. The molecule has 0 amide bonds. The molecule has 1 rings (SSSR count). The Morgan fingerprint density at radius 3 is 2.56 bits per heavy atom. The van der Waals surface area contributed by atoms with Gasteiger partial charge in [0.2, 0.25) is 0 Å². The van der Waals surface area contributed by atoms with Gasteiger partial charge in [0.15, 0.2) is 0 Å². The maximum absolute atomic E-state index is 10.7. The van der Waals surface area contributed by atoms with Crippen LogP contribution in [0, 0.1) is 16.0 Å². The van der Waals surface area contributed by atoms with Crippen LogP contribution in [-0.4, -0.2) is 11.0 Å². The molecule has 1 unspecified atom stereocenters. The number of nitro benzene ring substituents is 1. The summed E-state index contributed by atoms with van der Waals surface area (Å²) in [5.74, 6) is 0.656. The minimum absolute atomic E-state index is 0.157. The molecule has 0 fully saturated rings. The molecule has 0 radical (unpaired) electrons. The first-order valence-electron chi connectivity index (χ1n) is 6.55. The zero-order valence-corrected chi connectivity index (χ0v) is 11.3. The lowest BCUT2D eigenvalue weighted by Gasteiger charge is -2.22. The van der Waals surface area contributed by atoms with Gasteiger partial charge in [0, 0.05) is 24.7 Å². The van der Waals surface area contributed by atoms with Gasteiger partial charge in [-0.1, -0.05) is 38.8 Å². The fourth-order valence-corrected chi connectivity index (χ4v) is 2.22. The third-order valence-electron chi connectivity index (χ3n) is 3.51. The van der Waals surface area contributed by atoms with Gasteiger partial charge in [0.05, 0.1) is 4.92 Å². The molecule has 0 spiro atoms. The van der Waals surface area contributed by atoms with E-state index >= 15 is 0 Å². The predicted octanol–water partition coefficient (Wildman–Crippen LogP) is 3.51. The molecule has 0 heterocycles. The molecule has 18 heavy (non-hydrogen) atoms. The van der Waals surface area contributed by atoms with Crippen molar-refractivity contribution in [3.8, 4) is 0 Å².